The summed E-state index contributed by atoms with van der Waals surface area (Å²) >= 11 is 6.81. The number of rotatable bonds is 7. The smallest absolute Gasteiger partial charge is 0.271 e. The van der Waals surface area contributed by atoms with Crippen LogP contribution >= 0.6 is 11.6 Å². The van der Waals surface area contributed by atoms with Gasteiger partial charge in [-0.15, -0.1) is 0 Å². The molecule has 0 fully saturated rings. The number of fused-ring (bicyclic) bond motifs is 1. The third kappa shape index (κ3) is 4.18. The van der Waals surface area contributed by atoms with Crippen molar-refractivity contribution in [3.8, 4) is 0 Å². The first-order valence-corrected chi connectivity index (χ1v) is 12.0. The highest BCUT2D eigenvalue weighted by Gasteiger charge is 2.41. The predicted octanol–water partition coefficient (Wildman–Crippen LogP) is 4.48. The van der Waals surface area contributed by atoms with E-state index in [0.717, 1.165) is 16.7 Å². The van der Waals surface area contributed by atoms with Crippen LogP contribution < -0.4 is 5.73 Å². The average Bonchev–Trinajstić information content (AvgIpc) is 3.26. The highest BCUT2D eigenvalue weighted by atomic mass is 35.5. The fourth-order valence-electron chi connectivity index (χ4n) is 4.59. The molecule has 0 aliphatic heterocycles. The number of ether oxygens (including phenoxy) is 1. The van der Waals surface area contributed by atoms with Gasteiger partial charge in [0.15, 0.2) is 5.65 Å². The van der Waals surface area contributed by atoms with Crippen LogP contribution in [-0.4, -0.2) is 56.2 Å². The van der Waals surface area contributed by atoms with E-state index in [2.05, 4.69) is 21.5 Å². The number of nitrogen functional groups attached to an aromatic ring is 1. The van der Waals surface area contributed by atoms with Gasteiger partial charge in [-0.05, 0) is 50.1 Å². The lowest BCUT2D eigenvalue weighted by molar-refractivity contribution is -0.0172. The van der Waals surface area contributed by atoms with Crippen molar-refractivity contribution in [2.75, 3.05) is 26.4 Å². The third-order valence-electron chi connectivity index (χ3n) is 6.62. The number of aromatic nitrogens is 5. The molecule has 1 aliphatic rings. The number of hydrogen-bond acceptors (Lipinski definition) is 7. The molecule has 0 radical (unpaired) electrons. The normalized spacial score (nSPS) is 18.8. The highest BCUT2D eigenvalue weighted by molar-refractivity contribution is 6.31. The Morgan fingerprint density at radius 1 is 1.36 bits per heavy atom. The summed E-state index contributed by atoms with van der Waals surface area (Å²) in [6, 6.07) is 3.38. The summed E-state index contributed by atoms with van der Waals surface area (Å²) in [5.41, 5.74) is 9.55. The van der Waals surface area contributed by atoms with Crippen molar-refractivity contribution >= 4 is 40.4 Å². The fourth-order valence-corrected chi connectivity index (χ4v) is 4.88. The molecule has 0 spiro atoms. The van der Waals surface area contributed by atoms with Crippen LogP contribution in [0.2, 0.25) is 0 Å². The molecule has 2 unspecified atom stereocenters. The lowest BCUT2D eigenvalue weighted by Gasteiger charge is -2.40. The van der Waals surface area contributed by atoms with Crippen molar-refractivity contribution in [3.05, 3.63) is 70.4 Å². The highest BCUT2D eigenvalue weighted by Crippen LogP contribution is 2.47. The number of nitrogens with two attached hydrogens (primary N) is 1. The number of allylic oxidation sites excluding steroid dienone is 2. The molecule has 0 bridgehead atoms. The van der Waals surface area contributed by atoms with Gasteiger partial charge in [0.1, 0.15) is 23.4 Å². The summed E-state index contributed by atoms with van der Waals surface area (Å²) in [4.78, 5) is 26.9. The number of halogens is 1. The molecule has 3 aromatic rings. The maximum absolute atomic E-state index is 12.4. The number of nitrogens with zero attached hydrogens (tertiary/aromatic N) is 6. The molecule has 36 heavy (non-hydrogen) atoms. The number of carbonyl (C=O) groups excluding carboxylic acids is 1. The minimum atomic E-state index is -0.852. The second-order valence-corrected chi connectivity index (χ2v) is 9.34. The largest absolute Gasteiger partial charge is 0.383 e. The van der Waals surface area contributed by atoms with Crippen LogP contribution in [0.1, 0.15) is 55.0 Å². The minimum absolute atomic E-state index is 0.167. The molecule has 3 aromatic heterocycles. The Morgan fingerprint density at radius 3 is 2.72 bits per heavy atom. The molecule has 0 aromatic carbocycles. The van der Waals surface area contributed by atoms with Crippen LogP contribution in [0.3, 0.4) is 0 Å². The van der Waals surface area contributed by atoms with Gasteiger partial charge in [-0.3, -0.25) is 9.78 Å². The Morgan fingerprint density at radius 2 is 2.11 bits per heavy atom. The number of anilines is 1. The lowest BCUT2D eigenvalue weighted by Crippen LogP contribution is -2.36. The molecule has 0 saturated heterocycles. The van der Waals surface area contributed by atoms with Crippen molar-refractivity contribution < 1.29 is 9.53 Å². The first kappa shape index (κ1) is 25.5. The van der Waals surface area contributed by atoms with Gasteiger partial charge in [0.05, 0.1) is 17.1 Å². The zero-order valence-electron chi connectivity index (χ0n) is 21.1. The minimum Gasteiger partial charge on any atom is -0.383 e. The van der Waals surface area contributed by atoms with Gasteiger partial charge < -0.3 is 15.4 Å². The van der Waals surface area contributed by atoms with Gasteiger partial charge in [0.2, 0.25) is 0 Å². The molecule has 3 heterocycles. The Bertz CT molecular complexity index is 1390. The number of carbonyl (C=O) groups is 1. The van der Waals surface area contributed by atoms with E-state index in [1.807, 2.05) is 37.6 Å². The summed E-state index contributed by atoms with van der Waals surface area (Å²) in [5.74, 6) is 0.182. The summed E-state index contributed by atoms with van der Waals surface area (Å²) in [7, 11) is 3.39. The molecule has 0 saturated carbocycles. The van der Waals surface area contributed by atoms with E-state index >= 15 is 0 Å². The molecule has 1 amide bonds. The van der Waals surface area contributed by atoms with Gasteiger partial charge in [0.25, 0.3) is 5.91 Å². The SMILES string of the molecule is C=Cc1nn(C(C)C2=CC(Cl)=C(C)C(OCC)(c3ccc(C(=O)N(C)C)nc3)C2)c2ncnc(N)c12. The average molecular weight is 508 g/mol. The van der Waals surface area contributed by atoms with Crippen LogP contribution in [0.15, 0.2) is 53.5 Å². The standard InChI is InChI=1S/C26H30ClN7O2/c1-7-20-22-23(28)30-14-31-24(22)34(32-20)16(4)17-11-19(27)15(3)26(12-17,36-8-2)18-9-10-21(29-13-18)25(35)33(5)6/h7,9-11,13-14,16H,1,8,12H2,2-6H3,(H2,28,30,31). The van der Waals surface area contributed by atoms with Crippen LogP contribution in [0, 0.1) is 0 Å². The van der Waals surface area contributed by atoms with E-state index < -0.39 is 5.60 Å². The van der Waals surface area contributed by atoms with E-state index in [4.69, 9.17) is 27.2 Å². The van der Waals surface area contributed by atoms with Gasteiger partial charge in [-0.1, -0.05) is 24.2 Å². The predicted molar refractivity (Wildman–Crippen MR) is 141 cm³/mol. The van der Waals surface area contributed by atoms with E-state index in [1.54, 1.807) is 32.4 Å². The summed E-state index contributed by atoms with van der Waals surface area (Å²) in [5, 5.41) is 5.97. The van der Waals surface area contributed by atoms with E-state index in [-0.39, 0.29) is 11.9 Å². The van der Waals surface area contributed by atoms with Crippen LogP contribution in [-0.2, 0) is 10.3 Å². The molecule has 10 heteroatoms. The van der Waals surface area contributed by atoms with E-state index in [0.29, 0.717) is 46.3 Å². The van der Waals surface area contributed by atoms with Crippen molar-refractivity contribution in [2.24, 2.45) is 0 Å². The van der Waals surface area contributed by atoms with Crippen LogP contribution in [0.5, 0.6) is 0 Å². The zero-order valence-corrected chi connectivity index (χ0v) is 21.9. The maximum atomic E-state index is 12.4. The molecule has 9 nitrogen and oxygen atoms in total. The molecular weight excluding hydrogens is 478 g/mol. The van der Waals surface area contributed by atoms with Crippen LogP contribution in [0.25, 0.3) is 17.1 Å². The van der Waals surface area contributed by atoms with E-state index in [1.165, 1.54) is 11.2 Å². The lowest BCUT2D eigenvalue weighted by atomic mass is 9.77. The molecule has 2 N–H and O–H groups in total. The van der Waals surface area contributed by atoms with Gasteiger partial charge >= 0.3 is 0 Å². The topological polar surface area (TPSA) is 112 Å². The second kappa shape index (κ2) is 9.83. The molecular formula is C26H30ClN7O2. The second-order valence-electron chi connectivity index (χ2n) is 8.93. The fraction of sp³-hybridized carbons (Fsp3) is 0.346. The molecule has 1 aliphatic carbocycles. The van der Waals surface area contributed by atoms with Crippen molar-refractivity contribution in [1.29, 1.82) is 0 Å². The number of pyridine rings is 1. The third-order valence-corrected chi connectivity index (χ3v) is 7.01. The van der Waals surface area contributed by atoms with Crippen molar-refractivity contribution in [2.45, 2.75) is 38.8 Å². The zero-order chi connectivity index (χ0) is 26.2. The Labute approximate surface area is 215 Å². The maximum Gasteiger partial charge on any atom is 0.271 e. The Hall–Kier alpha value is -3.56. The van der Waals surface area contributed by atoms with E-state index in [9.17, 15) is 4.79 Å². The summed E-state index contributed by atoms with van der Waals surface area (Å²) in [6.07, 6.45) is 7.24. The summed E-state index contributed by atoms with van der Waals surface area (Å²) in [6.45, 7) is 10.3. The quantitative estimate of drug-likeness (QED) is 0.501. The Kier molecular flexibility index (Phi) is 6.97. The van der Waals surface area contributed by atoms with Gasteiger partial charge in [-0.2, -0.15) is 5.10 Å². The first-order chi connectivity index (χ1) is 17.1. The van der Waals surface area contributed by atoms with Gasteiger partial charge in [0, 0.05) is 43.9 Å². The van der Waals surface area contributed by atoms with Crippen LogP contribution in [0.4, 0.5) is 5.82 Å². The monoisotopic (exact) mass is 507 g/mol. The molecule has 4 rings (SSSR count). The van der Waals surface area contributed by atoms with Crippen molar-refractivity contribution in [1.82, 2.24) is 29.6 Å². The first-order valence-electron chi connectivity index (χ1n) is 11.6. The van der Waals surface area contributed by atoms with Gasteiger partial charge in [-0.25, -0.2) is 14.6 Å². The molecule has 2 atom stereocenters. The summed E-state index contributed by atoms with van der Waals surface area (Å²) < 4.78 is 8.24. The molecule has 188 valence electrons. The number of hydrogen-bond donors (Lipinski definition) is 1. The Balaban J connectivity index is 1.80. The number of amides is 1. The van der Waals surface area contributed by atoms with Crippen molar-refractivity contribution in [3.63, 3.8) is 0 Å².